The Bertz CT molecular complexity index is 524. The van der Waals surface area contributed by atoms with E-state index < -0.39 is 0 Å². The van der Waals surface area contributed by atoms with Crippen LogP contribution in [0.5, 0.6) is 5.75 Å². The highest BCUT2D eigenvalue weighted by atomic mass is 16.5. The maximum Gasteiger partial charge on any atom is 0.124 e. The summed E-state index contributed by atoms with van der Waals surface area (Å²) in [6.45, 7) is 1.78. The van der Waals surface area contributed by atoms with Gasteiger partial charge in [-0.1, -0.05) is 48.5 Å². The van der Waals surface area contributed by atoms with E-state index >= 15 is 0 Å². The highest BCUT2D eigenvalue weighted by molar-refractivity contribution is 5.39. The summed E-state index contributed by atoms with van der Waals surface area (Å²) < 4.78 is 5.66. The minimum Gasteiger partial charge on any atom is -0.491 e. The summed E-state index contributed by atoms with van der Waals surface area (Å²) in [5.41, 5.74) is 2.70. The number of rotatable bonds is 5. The molecule has 19 heavy (non-hydrogen) atoms. The van der Waals surface area contributed by atoms with Crippen LogP contribution in [0.1, 0.15) is 23.6 Å². The number of aryl methyl sites for hydroxylation is 1. The van der Waals surface area contributed by atoms with Crippen LogP contribution in [0, 0.1) is 0 Å². The van der Waals surface area contributed by atoms with E-state index in [1.54, 1.807) is 0 Å². The quantitative estimate of drug-likeness (QED) is 0.825. The average molecular weight is 253 g/mol. The molecule has 0 aliphatic carbocycles. The predicted octanol–water partition coefficient (Wildman–Crippen LogP) is 3.34. The van der Waals surface area contributed by atoms with E-state index in [0.29, 0.717) is 6.04 Å². The lowest BCUT2D eigenvalue weighted by Gasteiger charge is -2.11. The molecule has 1 atom stereocenters. The van der Waals surface area contributed by atoms with Crippen LogP contribution in [0.25, 0.3) is 0 Å². The summed E-state index contributed by atoms with van der Waals surface area (Å²) in [6, 6.07) is 19.3. The van der Waals surface area contributed by atoms with Crippen molar-refractivity contribution >= 4 is 0 Å². The van der Waals surface area contributed by atoms with Crippen LogP contribution >= 0.6 is 0 Å². The van der Waals surface area contributed by atoms with Crippen LogP contribution in [0.2, 0.25) is 0 Å². The number of ether oxygens (including phenoxy) is 1. The third-order valence-corrected chi connectivity index (χ3v) is 3.58. The molecule has 0 radical (unpaired) electrons. The fourth-order valence-electron chi connectivity index (χ4n) is 2.55. The first-order chi connectivity index (χ1) is 9.43. The molecule has 1 heterocycles. The second-order valence-corrected chi connectivity index (χ2v) is 4.94. The van der Waals surface area contributed by atoms with Gasteiger partial charge in [0.05, 0.1) is 6.04 Å². The van der Waals surface area contributed by atoms with Gasteiger partial charge in [0.15, 0.2) is 0 Å². The number of hydrogen-bond acceptors (Lipinski definition) is 2. The maximum atomic E-state index is 5.66. The monoisotopic (exact) mass is 253 g/mol. The zero-order chi connectivity index (χ0) is 12.9. The van der Waals surface area contributed by atoms with Gasteiger partial charge in [-0.2, -0.15) is 0 Å². The van der Waals surface area contributed by atoms with Crippen molar-refractivity contribution in [1.29, 1.82) is 0 Å². The van der Waals surface area contributed by atoms with Gasteiger partial charge in [0.25, 0.3) is 0 Å². The summed E-state index contributed by atoms with van der Waals surface area (Å²) in [7, 11) is 0. The van der Waals surface area contributed by atoms with Crippen molar-refractivity contribution < 1.29 is 4.74 Å². The van der Waals surface area contributed by atoms with Crippen LogP contribution in [0.3, 0.4) is 0 Å². The van der Waals surface area contributed by atoms with Gasteiger partial charge in [-0.25, -0.2) is 0 Å². The third-order valence-electron chi connectivity index (χ3n) is 3.58. The largest absolute Gasteiger partial charge is 0.491 e. The predicted molar refractivity (Wildman–Crippen MR) is 77.4 cm³/mol. The molecule has 3 rings (SSSR count). The molecule has 0 saturated carbocycles. The molecule has 0 amide bonds. The van der Waals surface area contributed by atoms with E-state index in [9.17, 15) is 0 Å². The van der Waals surface area contributed by atoms with Gasteiger partial charge in [0.2, 0.25) is 0 Å². The van der Waals surface area contributed by atoms with Crippen molar-refractivity contribution in [2.45, 2.75) is 18.9 Å². The van der Waals surface area contributed by atoms with Crippen LogP contribution < -0.4 is 10.1 Å². The number of hydrogen-bond donors (Lipinski definition) is 1. The van der Waals surface area contributed by atoms with Gasteiger partial charge in [0, 0.05) is 5.56 Å². The summed E-state index contributed by atoms with van der Waals surface area (Å²) >= 11 is 0. The molecule has 0 bridgehead atoms. The molecule has 1 N–H and O–H groups in total. The Morgan fingerprint density at radius 3 is 2.68 bits per heavy atom. The van der Waals surface area contributed by atoms with Crippen molar-refractivity contribution in [1.82, 2.24) is 5.32 Å². The normalized spacial score (nSPS) is 16.9. The molecule has 98 valence electrons. The summed E-state index contributed by atoms with van der Waals surface area (Å²) in [5.74, 6) is 1.03. The van der Waals surface area contributed by atoms with Gasteiger partial charge >= 0.3 is 0 Å². The number of benzene rings is 2. The lowest BCUT2D eigenvalue weighted by molar-refractivity contribution is 0.311. The maximum absolute atomic E-state index is 5.66. The summed E-state index contributed by atoms with van der Waals surface area (Å²) in [6.07, 6.45) is 2.28. The molecule has 1 aliphatic rings. The number of fused-ring (bicyclic) bond motifs is 1. The first-order valence-electron chi connectivity index (χ1n) is 6.92. The Balaban J connectivity index is 1.47. The highest BCUT2D eigenvalue weighted by Crippen LogP contribution is 2.31. The lowest BCUT2D eigenvalue weighted by atomic mass is 10.1. The van der Waals surface area contributed by atoms with Gasteiger partial charge in [-0.15, -0.1) is 0 Å². The minimum absolute atomic E-state index is 0.354. The van der Waals surface area contributed by atoms with E-state index in [2.05, 4.69) is 47.8 Å². The molecule has 0 aromatic heterocycles. The topological polar surface area (TPSA) is 21.3 Å². The first kappa shape index (κ1) is 12.2. The third kappa shape index (κ3) is 2.96. The molecule has 0 saturated heterocycles. The zero-order valence-corrected chi connectivity index (χ0v) is 11.0. The van der Waals surface area contributed by atoms with Crippen LogP contribution in [-0.2, 0) is 6.42 Å². The van der Waals surface area contributed by atoms with Gasteiger partial charge < -0.3 is 10.1 Å². The second-order valence-electron chi connectivity index (χ2n) is 4.94. The molecule has 2 heteroatoms. The van der Waals surface area contributed by atoms with Crippen molar-refractivity contribution in [3.63, 3.8) is 0 Å². The Kier molecular flexibility index (Phi) is 3.80. The number of para-hydroxylation sites is 1. The minimum atomic E-state index is 0.354. The Hall–Kier alpha value is -1.80. The summed E-state index contributed by atoms with van der Waals surface area (Å²) in [5, 5.41) is 3.58. The van der Waals surface area contributed by atoms with Crippen molar-refractivity contribution in [3.8, 4) is 5.75 Å². The Morgan fingerprint density at radius 1 is 1.00 bits per heavy atom. The van der Waals surface area contributed by atoms with E-state index in [4.69, 9.17) is 4.74 Å². The second kappa shape index (κ2) is 5.89. The molecule has 0 spiro atoms. The van der Waals surface area contributed by atoms with Crippen LogP contribution in [-0.4, -0.2) is 13.2 Å². The standard InChI is InChI=1S/C17H19NO/c1-2-7-14(8-3-1)9-6-12-18-16-13-19-17-11-5-4-10-15(16)17/h1-5,7-8,10-11,16,18H,6,9,12-13H2. The Labute approximate surface area is 114 Å². The van der Waals surface area contributed by atoms with E-state index in [1.165, 1.54) is 11.1 Å². The molecular formula is C17H19NO. The lowest BCUT2D eigenvalue weighted by Crippen LogP contribution is -2.23. The van der Waals surface area contributed by atoms with Crippen LogP contribution in [0.4, 0.5) is 0 Å². The van der Waals surface area contributed by atoms with Crippen molar-refractivity contribution in [3.05, 3.63) is 65.7 Å². The van der Waals surface area contributed by atoms with E-state index in [-0.39, 0.29) is 0 Å². The molecule has 2 aromatic carbocycles. The Morgan fingerprint density at radius 2 is 1.79 bits per heavy atom. The highest BCUT2D eigenvalue weighted by Gasteiger charge is 2.22. The van der Waals surface area contributed by atoms with Crippen molar-refractivity contribution in [2.24, 2.45) is 0 Å². The molecule has 1 aliphatic heterocycles. The molecular weight excluding hydrogens is 234 g/mol. The van der Waals surface area contributed by atoms with Gasteiger partial charge in [0.1, 0.15) is 12.4 Å². The smallest absolute Gasteiger partial charge is 0.124 e. The SMILES string of the molecule is c1ccc(CCCNC2COc3ccccc32)cc1. The zero-order valence-electron chi connectivity index (χ0n) is 11.0. The molecule has 0 fully saturated rings. The fraction of sp³-hybridized carbons (Fsp3) is 0.294. The van der Waals surface area contributed by atoms with E-state index in [1.807, 2.05) is 12.1 Å². The van der Waals surface area contributed by atoms with E-state index in [0.717, 1.165) is 31.7 Å². The molecule has 2 aromatic rings. The first-order valence-corrected chi connectivity index (χ1v) is 6.92. The molecule has 1 unspecified atom stereocenters. The summed E-state index contributed by atoms with van der Waals surface area (Å²) in [4.78, 5) is 0. The van der Waals surface area contributed by atoms with Crippen LogP contribution in [0.15, 0.2) is 54.6 Å². The molecule has 2 nitrogen and oxygen atoms in total. The fourth-order valence-corrected chi connectivity index (χ4v) is 2.55. The number of nitrogens with one attached hydrogen (secondary N) is 1. The van der Waals surface area contributed by atoms with Gasteiger partial charge in [-0.3, -0.25) is 0 Å². The van der Waals surface area contributed by atoms with Gasteiger partial charge in [-0.05, 0) is 31.0 Å². The average Bonchev–Trinajstić information content (AvgIpc) is 2.88. The van der Waals surface area contributed by atoms with Crippen molar-refractivity contribution in [2.75, 3.05) is 13.2 Å².